The summed E-state index contributed by atoms with van der Waals surface area (Å²) in [5.74, 6) is 1.86. The van der Waals surface area contributed by atoms with Gasteiger partial charge in [0.2, 0.25) is 0 Å². The van der Waals surface area contributed by atoms with E-state index in [4.69, 9.17) is 9.47 Å². The number of hydrogen-bond donors (Lipinski definition) is 0. The van der Waals surface area contributed by atoms with Crippen molar-refractivity contribution in [3.8, 4) is 0 Å². The van der Waals surface area contributed by atoms with Gasteiger partial charge in [0, 0.05) is 54.4 Å². The first-order chi connectivity index (χ1) is 23.3. The van der Waals surface area contributed by atoms with Crippen LogP contribution in [0.1, 0.15) is 173 Å². The fraction of sp³-hybridized carbons (Fsp3) is 1.00. The van der Waals surface area contributed by atoms with Crippen molar-refractivity contribution in [1.82, 2.24) is 14.7 Å². The van der Waals surface area contributed by atoms with Gasteiger partial charge in [0.25, 0.3) is 0 Å². The number of likely N-dealkylation sites (tertiary alicyclic amines) is 1. The maximum atomic E-state index is 6.99. The first kappa shape index (κ1) is 31.5. The molecular weight excluding hydrogens is 578 g/mol. The van der Waals surface area contributed by atoms with Crippen molar-refractivity contribution in [2.24, 2.45) is 11.8 Å². The van der Waals surface area contributed by atoms with Crippen molar-refractivity contribution in [3.63, 3.8) is 0 Å². The molecule has 0 spiro atoms. The summed E-state index contributed by atoms with van der Waals surface area (Å²) in [6, 6.07) is 7.15. The maximum Gasteiger partial charge on any atom is 0.0735 e. The Morgan fingerprint density at radius 2 is 0.617 bits per heavy atom. The predicted octanol–water partition coefficient (Wildman–Crippen LogP) is 8.62. The fourth-order valence-corrected chi connectivity index (χ4v) is 15.0. The van der Waals surface area contributed by atoms with E-state index in [0.717, 1.165) is 66.2 Å². The Bertz CT molecular complexity index is 962. The van der Waals surface area contributed by atoms with Gasteiger partial charge in [-0.1, -0.05) is 70.6 Å². The Kier molecular flexibility index (Phi) is 8.99. The van der Waals surface area contributed by atoms with E-state index in [1.54, 1.807) is 0 Å². The average molecular weight is 648 g/mol. The van der Waals surface area contributed by atoms with Crippen LogP contribution < -0.4 is 0 Å². The van der Waals surface area contributed by atoms with Crippen molar-refractivity contribution >= 4 is 0 Å². The molecule has 3 saturated heterocycles. The van der Waals surface area contributed by atoms with E-state index in [2.05, 4.69) is 14.7 Å². The second-order valence-corrected chi connectivity index (χ2v) is 18.9. The van der Waals surface area contributed by atoms with Gasteiger partial charge < -0.3 is 9.47 Å². The molecule has 10 rings (SSSR count). The van der Waals surface area contributed by atoms with Crippen molar-refractivity contribution in [1.29, 1.82) is 0 Å². The van der Waals surface area contributed by atoms with Gasteiger partial charge in [-0.05, 0) is 115 Å². The van der Waals surface area contributed by atoms with Gasteiger partial charge in [0.15, 0.2) is 0 Å². The molecule has 0 bridgehead atoms. The van der Waals surface area contributed by atoms with Crippen LogP contribution in [0.15, 0.2) is 0 Å². The van der Waals surface area contributed by atoms with E-state index in [-0.39, 0.29) is 0 Å². The van der Waals surface area contributed by atoms with Crippen LogP contribution in [-0.2, 0) is 9.47 Å². The van der Waals surface area contributed by atoms with E-state index in [9.17, 15) is 0 Å². The largest absolute Gasteiger partial charge is 0.372 e. The van der Waals surface area contributed by atoms with Crippen molar-refractivity contribution in [2.75, 3.05) is 0 Å². The number of fused-ring (bicyclic) bond motifs is 7. The van der Waals surface area contributed by atoms with Crippen LogP contribution in [0, 0.1) is 11.8 Å². The second-order valence-electron chi connectivity index (χ2n) is 18.9. The zero-order chi connectivity index (χ0) is 30.9. The number of ether oxygens (including phenoxy) is 2. The SMILES string of the molecule is C1CCC(N2C3CCC(N4C5CCCCC5OC5CCCCC54)CC3C3CC(N4C5CCCCC5OC5CCCCC54)CCC32)CC1. The highest BCUT2D eigenvalue weighted by molar-refractivity contribution is 5.12. The molecular formula is C42H69N3O2. The molecule has 10 fully saturated rings. The molecule has 7 saturated carbocycles. The lowest BCUT2D eigenvalue weighted by Crippen LogP contribution is -2.66. The fourth-order valence-electron chi connectivity index (χ4n) is 15.0. The lowest BCUT2D eigenvalue weighted by molar-refractivity contribution is -0.194. The van der Waals surface area contributed by atoms with E-state index in [1.165, 1.54) is 173 Å². The summed E-state index contributed by atoms with van der Waals surface area (Å²) in [5.41, 5.74) is 0. The smallest absolute Gasteiger partial charge is 0.0735 e. The maximum absolute atomic E-state index is 6.99. The van der Waals surface area contributed by atoms with Crippen LogP contribution in [0.25, 0.3) is 0 Å². The summed E-state index contributed by atoms with van der Waals surface area (Å²) in [6.07, 6.45) is 40.8. The van der Waals surface area contributed by atoms with Gasteiger partial charge in [-0.2, -0.15) is 0 Å². The summed E-state index contributed by atoms with van der Waals surface area (Å²) in [5, 5.41) is 0. The van der Waals surface area contributed by atoms with Gasteiger partial charge in [0.1, 0.15) is 0 Å². The van der Waals surface area contributed by atoms with Crippen LogP contribution in [0.4, 0.5) is 0 Å². The Morgan fingerprint density at radius 1 is 0.277 bits per heavy atom. The molecule has 47 heavy (non-hydrogen) atoms. The van der Waals surface area contributed by atoms with E-state index in [1.807, 2.05) is 0 Å². The minimum Gasteiger partial charge on any atom is -0.372 e. The van der Waals surface area contributed by atoms with Gasteiger partial charge in [-0.15, -0.1) is 0 Å². The molecule has 5 nitrogen and oxygen atoms in total. The summed E-state index contributed by atoms with van der Waals surface area (Å²) < 4.78 is 14.0. The topological polar surface area (TPSA) is 28.2 Å². The van der Waals surface area contributed by atoms with Crippen LogP contribution >= 0.6 is 0 Å². The van der Waals surface area contributed by atoms with Gasteiger partial charge in [-0.25, -0.2) is 0 Å². The van der Waals surface area contributed by atoms with Crippen LogP contribution in [0.3, 0.4) is 0 Å². The number of morpholine rings is 2. The van der Waals surface area contributed by atoms with E-state index in [0.29, 0.717) is 24.4 Å². The first-order valence-corrected chi connectivity index (χ1v) is 21.9. The summed E-state index contributed by atoms with van der Waals surface area (Å²) >= 11 is 0. The second kappa shape index (κ2) is 13.4. The summed E-state index contributed by atoms with van der Waals surface area (Å²) in [6.45, 7) is 0. The normalized spacial score (nSPS) is 51.6. The molecule has 14 atom stereocenters. The Hall–Kier alpha value is -0.200. The molecule has 0 N–H and O–H groups in total. The molecule has 7 aliphatic carbocycles. The zero-order valence-corrected chi connectivity index (χ0v) is 29.9. The summed E-state index contributed by atoms with van der Waals surface area (Å²) in [4.78, 5) is 9.75. The Balaban J connectivity index is 0.949. The molecule has 264 valence electrons. The third kappa shape index (κ3) is 5.55. The molecule has 14 unspecified atom stereocenters. The highest BCUT2D eigenvalue weighted by Crippen LogP contribution is 2.55. The monoisotopic (exact) mass is 648 g/mol. The van der Waals surface area contributed by atoms with Gasteiger partial charge in [0.05, 0.1) is 24.4 Å². The number of nitrogens with zero attached hydrogens (tertiary/aromatic N) is 3. The zero-order valence-electron chi connectivity index (χ0n) is 29.9. The molecule has 10 aliphatic rings. The summed E-state index contributed by atoms with van der Waals surface area (Å²) in [7, 11) is 0. The highest BCUT2D eigenvalue weighted by Gasteiger charge is 2.58. The molecule has 3 heterocycles. The third-order valence-electron chi connectivity index (χ3n) is 16.7. The van der Waals surface area contributed by atoms with E-state index >= 15 is 0 Å². The molecule has 0 radical (unpaired) electrons. The first-order valence-electron chi connectivity index (χ1n) is 21.9. The van der Waals surface area contributed by atoms with Gasteiger partial charge in [-0.3, -0.25) is 14.7 Å². The van der Waals surface area contributed by atoms with Crippen molar-refractivity contribution in [3.05, 3.63) is 0 Å². The predicted molar refractivity (Wildman–Crippen MR) is 189 cm³/mol. The Labute approximate surface area is 287 Å². The lowest BCUT2D eigenvalue weighted by atomic mass is 9.68. The van der Waals surface area contributed by atoms with E-state index < -0.39 is 0 Å². The molecule has 0 aromatic carbocycles. The standard InChI is InChI=1S/C42H69N3O2/c1-2-12-28(13-3-1)43-33-24-22-29(44-35-14-4-8-18-39(35)46-40-19-9-5-15-36(40)44)26-31(33)32-27-30(23-25-34(32)43)45-37-16-6-10-20-41(37)47-42-21-11-7-17-38(42)45/h28-42H,1-27H2. The molecule has 5 heteroatoms. The average Bonchev–Trinajstić information content (AvgIpc) is 3.46. The van der Waals surface area contributed by atoms with Crippen LogP contribution in [0.2, 0.25) is 0 Å². The minimum absolute atomic E-state index is 0.531. The Morgan fingerprint density at radius 3 is 1.02 bits per heavy atom. The van der Waals surface area contributed by atoms with Gasteiger partial charge >= 0.3 is 0 Å². The number of rotatable bonds is 3. The quantitative estimate of drug-likeness (QED) is 0.306. The highest BCUT2D eigenvalue weighted by atomic mass is 16.5. The van der Waals surface area contributed by atoms with Crippen molar-refractivity contribution < 1.29 is 9.47 Å². The third-order valence-corrected chi connectivity index (χ3v) is 16.7. The molecule has 3 aliphatic heterocycles. The molecule has 0 aromatic heterocycles. The molecule has 0 aromatic rings. The number of hydrogen-bond acceptors (Lipinski definition) is 5. The van der Waals surface area contributed by atoms with Crippen LogP contribution in [-0.4, -0.2) is 93.5 Å². The van der Waals surface area contributed by atoms with Crippen molar-refractivity contribution in [2.45, 2.75) is 252 Å². The lowest BCUT2D eigenvalue weighted by Gasteiger charge is -2.58. The van der Waals surface area contributed by atoms with Crippen LogP contribution in [0.5, 0.6) is 0 Å². The molecule has 0 amide bonds. The minimum atomic E-state index is 0.531.